The molecule has 0 aliphatic rings. The van der Waals surface area contributed by atoms with Gasteiger partial charge in [0.1, 0.15) is 5.52 Å². The highest BCUT2D eigenvalue weighted by atomic mass is 16.3. The summed E-state index contributed by atoms with van der Waals surface area (Å²) in [6.45, 7) is -0.00355. The van der Waals surface area contributed by atoms with Crippen LogP contribution >= 0.6 is 0 Å². The molecule has 3 aromatic rings. The summed E-state index contributed by atoms with van der Waals surface area (Å²) in [6.07, 6.45) is 0. The Hall–Kier alpha value is -2.33. The predicted molar refractivity (Wildman–Crippen MR) is 69.8 cm³/mol. The fourth-order valence-electron chi connectivity index (χ4n) is 1.87. The molecule has 3 rings (SSSR count). The number of aliphatic hydroxyl groups excluding tert-OH is 1. The van der Waals surface area contributed by atoms with E-state index in [1.54, 1.807) is 0 Å². The number of hydrogen-bond donors (Lipinski definition) is 2. The van der Waals surface area contributed by atoms with Crippen LogP contribution in [0.4, 0.5) is 5.69 Å². The van der Waals surface area contributed by atoms with E-state index in [4.69, 9.17) is 15.3 Å². The van der Waals surface area contributed by atoms with Gasteiger partial charge < -0.3 is 15.3 Å². The predicted octanol–water partition coefficient (Wildman–Crippen LogP) is 2.57. The number of nitrogens with zero attached hydrogens (tertiary/aromatic N) is 1. The summed E-state index contributed by atoms with van der Waals surface area (Å²) in [5.41, 5.74) is 9.50. The topological polar surface area (TPSA) is 72.3 Å². The van der Waals surface area contributed by atoms with Gasteiger partial charge in [-0.15, -0.1) is 0 Å². The van der Waals surface area contributed by atoms with Crippen LogP contribution in [0.1, 0.15) is 5.56 Å². The molecule has 2 aromatic carbocycles. The van der Waals surface area contributed by atoms with Crippen molar-refractivity contribution in [3.63, 3.8) is 0 Å². The maximum Gasteiger partial charge on any atom is 0.227 e. The molecule has 0 saturated heterocycles. The van der Waals surface area contributed by atoms with Crippen LogP contribution in [-0.2, 0) is 6.61 Å². The minimum atomic E-state index is -0.00355. The van der Waals surface area contributed by atoms with Gasteiger partial charge >= 0.3 is 0 Å². The first-order chi connectivity index (χ1) is 8.76. The molecule has 0 atom stereocenters. The van der Waals surface area contributed by atoms with Crippen molar-refractivity contribution >= 4 is 16.8 Å². The quantitative estimate of drug-likeness (QED) is 0.675. The highest BCUT2D eigenvalue weighted by Crippen LogP contribution is 2.25. The average molecular weight is 240 g/mol. The highest BCUT2D eigenvalue weighted by molar-refractivity contribution is 5.77. The monoisotopic (exact) mass is 240 g/mol. The summed E-state index contributed by atoms with van der Waals surface area (Å²) in [7, 11) is 0. The largest absolute Gasteiger partial charge is 0.436 e. The zero-order valence-corrected chi connectivity index (χ0v) is 9.63. The van der Waals surface area contributed by atoms with Gasteiger partial charge in [-0.1, -0.05) is 12.1 Å². The Labute approximate surface area is 104 Å². The number of aromatic nitrogens is 1. The summed E-state index contributed by atoms with van der Waals surface area (Å²) in [6, 6.07) is 12.8. The van der Waals surface area contributed by atoms with Crippen molar-refractivity contribution in [3.8, 4) is 11.5 Å². The van der Waals surface area contributed by atoms with E-state index in [9.17, 15) is 0 Å². The molecule has 0 unspecified atom stereocenters. The van der Waals surface area contributed by atoms with Crippen LogP contribution in [0.15, 0.2) is 46.9 Å². The Kier molecular flexibility index (Phi) is 2.50. The first kappa shape index (κ1) is 10.8. The smallest absolute Gasteiger partial charge is 0.227 e. The molecule has 0 amide bonds. The molecule has 4 nitrogen and oxygen atoms in total. The summed E-state index contributed by atoms with van der Waals surface area (Å²) in [4.78, 5) is 4.40. The molecule has 1 aromatic heterocycles. The molecular formula is C14H12N2O2. The van der Waals surface area contributed by atoms with Gasteiger partial charge in [-0.2, -0.15) is 0 Å². The van der Waals surface area contributed by atoms with E-state index in [0.29, 0.717) is 17.2 Å². The summed E-state index contributed by atoms with van der Waals surface area (Å²) < 4.78 is 5.66. The fraction of sp³-hybridized carbons (Fsp3) is 0.0714. The lowest BCUT2D eigenvalue weighted by molar-refractivity contribution is 0.282. The van der Waals surface area contributed by atoms with Gasteiger partial charge in [-0.25, -0.2) is 4.98 Å². The summed E-state index contributed by atoms with van der Waals surface area (Å²) in [5, 5.41) is 9.08. The second kappa shape index (κ2) is 4.16. The van der Waals surface area contributed by atoms with Gasteiger partial charge in [0.05, 0.1) is 6.61 Å². The van der Waals surface area contributed by atoms with Gasteiger partial charge in [0, 0.05) is 11.3 Å². The maximum absolute atomic E-state index is 9.08. The zero-order valence-electron chi connectivity index (χ0n) is 9.63. The first-order valence-corrected chi connectivity index (χ1v) is 5.62. The fourth-order valence-corrected chi connectivity index (χ4v) is 1.87. The Morgan fingerprint density at radius 1 is 1.17 bits per heavy atom. The van der Waals surface area contributed by atoms with E-state index >= 15 is 0 Å². The van der Waals surface area contributed by atoms with Crippen molar-refractivity contribution in [2.24, 2.45) is 0 Å². The van der Waals surface area contributed by atoms with Crippen molar-refractivity contribution in [3.05, 3.63) is 48.0 Å². The molecule has 0 radical (unpaired) electrons. The molecule has 3 N–H and O–H groups in total. The number of nitrogens with two attached hydrogens (primary N) is 1. The molecule has 4 heteroatoms. The third kappa shape index (κ3) is 1.83. The first-order valence-electron chi connectivity index (χ1n) is 5.62. The van der Waals surface area contributed by atoms with Crippen LogP contribution in [0.5, 0.6) is 0 Å². The molecule has 0 fully saturated rings. The van der Waals surface area contributed by atoms with Crippen LogP contribution < -0.4 is 5.73 Å². The SMILES string of the molecule is Nc1cccc(-c2nc3cc(CO)ccc3o2)c1. The van der Waals surface area contributed by atoms with E-state index in [1.165, 1.54) is 0 Å². The number of oxazole rings is 1. The van der Waals surface area contributed by atoms with Gasteiger partial charge in [0.25, 0.3) is 0 Å². The second-order valence-electron chi connectivity index (χ2n) is 4.10. The van der Waals surface area contributed by atoms with Gasteiger partial charge in [-0.3, -0.25) is 0 Å². The molecule has 0 spiro atoms. The minimum absolute atomic E-state index is 0.00355. The number of nitrogen functional groups attached to an aromatic ring is 1. The van der Waals surface area contributed by atoms with Crippen molar-refractivity contribution < 1.29 is 9.52 Å². The number of rotatable bonds is 2. The average Bonchev–Trinajstić information content (AvgIpc) is 2.81. The Balaban J connectivity index is 2.13. The Morgan fingerprint density at radius 3 is 2.83 bits per heavy atom. The number of benzene rings is 2. The van der Waals surface area contributed by atoms with Crippen molar-refractivity contribution in [2.75, 3.05) is 5.73 Å². The molecule has 0 aliphatic carbocycles. The van der Waals surface area contributed by atoms with E-state index in [0.717, 1.165) is 16.6 Å². The Bertz CT molecular complexity index is 704. The van der Waals surface area contributed by atoms with E-state index < -0.39 is 0 Å². The molecule has 0 bridgehead atoms. The van der Waals surface area contributed by atoms with Gasteiger partial charge in [0.15, 0.2) is 5.58 Å². The lowest BCUT2D eigenvalue weighted by Gasteiger charge is -1.95. The summed E-state index contributed by atoms with van der Waals surface area (Å²) in [5.74, 6) is 0.535. The van der Waals surface area contributed by atoms with Gasteiger partial charge in [-0.05, 0) is 35.9 Å². The number of anilines is 1. The van der Waals surface area contributed by atoms with Crippen molar-refractivity contribution in [1.29, 1.82) is 0 Å². The van der Waals surface area contributed by atoms with Crippen LogP contribution in [0.2, 0.25) is 0 Å². The number of fused-ring (bicyclic) bond motifs is 1. The number of aliphatic hydroxyl groups is 1. The third-order valence-electron chi connectivity index (χ3n) is 2.77. The highest BCUT2D eigenvalue weighted by Gasteiger charge is 2.08. The van der Waals surface area contributed by atoms with Crippen molar-refractivity contribution in [1.82, 2.24) is 4.98 Å². The minimum Gasteiger partial charge on any atom is -0.436 e. The standard InChI is InChI=1S/C14H12N2O2/c15-11-3-1-2-10(7-11)14-16-12-6-9(8-17)4-5-13(12)18-14/h1-7,17H,8,15H2. The lowest BCUT2D eigenvalue weighted by atomic mass is 10.2. The van der Waals surface area contributed by atoms with Gasteiger partial charge in [0.2, 0.25) is 5.89 Å². The molecular weight excluding hydrogens is 228 g/mol. The van der Waals surface area contributed by atoms with Crippen LogP contribution in [0.3, 0.4) is 0 Å². The van der Waals surface area contributed by atoms with E-state index in [-0.39, 0.29) is 6.61 Å². The molecule has 0 saturated carbocycles. The zero-order chi connectivity index (χ0) is 12.5. The normalized spacial score (nSPS) is 10.9. The lowest BCUT2D eigenvalue weighted by Crippen LogP contribution is -1.84. The van der Waals surface area contributed by atoms with Crippen molar-refractivity contribution in [2.45, 2.75) is 6.61 Å². The molecule has 1 heterocycles. The van der Waals surface area contributed by atoms with Crippen LogP contribution in [0.25, 0.3) is 22.6 Å². The Morgan fingerprint density at radius 2 is 2.06 bits per heavy atom. The van der Waals surface area contributed by atoms with E-state index in [2.05, 4.69) is 4.98 Å². The molecule has 18 heavy (non-hydrogen) atoms. The number of hydrogen-bond acceptors (Lipinski definition) is 4. The van der Waals surface area contributed by atoms with E-state index in [1.807, 2.05) is 42.5 Å². The second-order valence-corrected chi connectivity index (χ2v) is 4.10. The third-order valence-corrected chi connectivity index (χ3v) is 2.77. The maximum atomic E-state index is 9.08. The van der Waals surface area contributed by atoms with Crippen LogP contribution in [0, 0.1) is 0 Å². The molecule has 0 aliphatic heterocycles. The molecule has 90 valence electrons. The van der Waals surface area contributed by atoms with Crippen LogP contribution in [-0.4, -0.2) is 10.1 Å². The summed E-state index contributed by atoms with van der Waals surface area (Å²) >= 11 is 0.